The third kappa shape index (κ3) is 3.59. The van der Waals surface area contributed by atoms with E-state index in [1.165, 1.54) is 0 Å². The molecule has 1 aliphatic heterocycles. The van der Waals surface area contributed by atoms with Crippen molar-refractivity contribution in [3.8, 4) is 5.75 Å². The molecule has 1 aliphatic rings. The minimum Gasteiger partial charge on any atom is -0.496 e. The zero-order valence-corrected chi connectivity index (χ0v) is 11.4. The van der Waals surface area contributed by atoms with Crippen molar-refractivity contribution in [2.75, 3.05) is 13.7 Å². The molecule has 104 valence electrons. The van der Waals surface area contributed by atoms with Crippen molar-refractivity contribution in [2.24, 2.45) is 0 Å². The van der Waals surface area contributed by atoms with Crippen molar-refractivity contribution < 1.29 is 14.6 Å². The molecule has 0 spiro atoms. The van der Waals surface area contributed by atoms with E-state index in [9.17, 15) is 9.90 Å². The number of ether oxygens (including phenoxy) is 1. The summed E-state index contributed by atoms with van der Waals surface area (Å²) in [6.07, 6.45) is -0.00476. The van der Waals surface area contributed by atoms with Crippen LogP contribution < -0.4 is 15.4 Å². The zero-order chi connectivity index (χ0) is 13.8. The van der Waals surface area contributed by atoms with Crippen LogP contribution in [-0.2, 0) is 11.3 Å². The lowest BCUT2D eigenvalue weighted by atomic mass is 10.1. The molecule has 1 aromatic rings. The van der Waals surface area contributed by atoms with E-state index in [0.717, 1.165) is 5.56 Å². The Labute approximate surface area is 116 Å². The molecule has 0 aromatic heterocycles. The summed E-state index contributed by atoms with van der Waals surface area (Å²) in [6.45, 7) is 0.801. The highest BCUT2D eigenvalue weighted by atomic mass is 35.5. The van der Waals surface area contributed by atoms with E-state index in [2.05, 4.69) is 10.6 Å². The van der Waals surface area contributed by atoms with Gasteiger partial charge in [-0.2, -0.15) is 0 Å². The lowest BCUT2D eigenvalue weighted by Crippen LogP contribution is -2.40. The molecule has 0 aliphatic carbocycles. The van der Waals surface area contributed by atoms with E-state index in [4.69, 9.17) is 16.3 Å². The Balaban J connectivity index is 1.95. The molecule has 0 saturated carbocycles. The summed E-state index contributed by atoms with van der Waals surface area (Å²) < 4.78 is 5.21. The molecule has 0 bridgehead atoms. The molecule has 3 N–H and O–H groups in total. The Bertz CT molecular complexity index is 467. The third-order valence-electron chi connectivity index (χ3n) is 3.12. The summed E-state index contributed by atoms with van der Waals surface area (Å²) in [7, 11) is 1.57. The van der Waals surface area contributed by atoms with Gasteiger partial charge in [-0.25, -0.2) is 0 Å². The number of nitrogens with one attached hydrogen (secondary N) is 2. The van der Waals surface area contributed by atoms with Gasteiger partial charge in [-0.15, -0.1) is 0 Å². The maximum absolute atomic E-state index is 11.9. The summed E-state index contributed by atoms with van der Waals surface area (Å²) in [5.41, 5.74) is 0.821. The molecular weight excluding hydrogens is 268 g/mol. The van der Waals surface area contributed by atoms with Gasteiger partial charge in [-0.3, -0.25) is 4.79 Å². The van der Waals surface area contributed by atoms with Crippen LogP contribution in [0.1, 0.15) is 12.0 Å². The number of amides is 1. The fourth-order valence-electron chi connectivity index (χ4n) is 2.11. The van der Waals surface area contributed by atoms with E-state index in [1.807, 2.05) is 0 Å². The predicted molar refractivity (Wildman–Crippen MR) is 72.3 cm³/mol. The Kier molecular flexibility index (Phi) is 4.63. The van der Waals surface area contributed by atoms with Crippen LogP contribution in [-0.4, -0.2) is 36.8 Å². The highest BCUT2D eigenvalue weighted by Gasteiger charge is 2.27. The minimum absolute atomic E-state index is 0.126. The molecule has 19 heavy (non-hydrogen) atoms. The van der Waals surface area contributed by atoms with Gasteiger partial charge in [0.1, 0.15) is 5.75 Å². The number of halogens is 1. The number of hydrogen-bond donors (Lipinski definition) is 3. The second-order valence-corrected chi connectivity index (χ2v) is 4.96. The largest absolute Gasteiger partial charge is 0.496 e. The molecular formula is C13H17ClN2O3. The van der Waals surface area contributed by atoms with Crippen LogP contribution in [0.4, 0.5) is 0 Å². The fourth-order valence-corrected chi connectivity index (χ4v) is 2.30. The smallest absolute Gasteiger partial charge is 0.237 e. The van der Waals surface area contributed by atoms with Crippen molar-refractivity contribution in [3.63, 3.8) is 0 Å². The highest BCUT2D eigenvalue weighted by molar-refractivity contribution is 6.30. The van der Waals surface area contributed by atoms with Crippen LogP contribution in [0, 0.1) is 0 Å². The Morgan fingerprint density at radius 3 is 3.05 bits per heavy atom. The number of aliphatic hydroxyl groups excluding tert-OH is 1. The molecule has 1 aromatic carbocycles. The lowest BCUT2D eigenvalue weighted by molar-refractivity contribution is -0.123. The average Bonchev–Trinajstić information content (AvgIpc) is 2.83. The summed E-state index contributed by atoms with van der Waals surface area (Å²) in [5, 5.41) is 15.7. The molecule has 0 radical (unpaired) electrons. The Morgan fingerprint density at radius 1 is 1.63 bits per heavy atom. The van der Waals surface area contributed by atoms with Crippen LogP contribution in [0.5, 0.6) is 5.75 Å². The first-order valence-corrected chi connectivity index (χ1v) is 6.49. The summed E-state index contributed by atoms with van der Waals surface area (Å²) >= 11 is 5.92. The van der Waals surface area contributed by atoms with Gasteiger partial charge in [0.15, 0.2) is 0 Å². The molecule has 1 saturated heterocycles. The zero-order valence-electron chi connectivity index (χ0n) is 10.6. The number of aliphatic hydroxyl groups is 1. The summed E-state index contributed by atoms with van der Waals surface area (Å²) in [6, 6.07) is 4.93. The SMILES string of the molecule is COc1ccc(Cl)cc1CNC(=O)[C@@H]1C[C@H](O)CN1. The van der Waals surface area contributed by atoms with Gasteiger partial charge in [0.2, 0.25) is 5.91 Å². The van der Waals surface area contributed by atoms with Crippen molar-refractivity contribution in [1.29, 1.82) is 0 Å². The number of methoxy groups -OCH3 is 1. The molecule has 2 rings (SSSR count). The first-order chi connectivity index (χ1) is 9.10. The van der Waals surface area contributed by atoms with Gasteiger partial charge in [-0.05, 0) is 24.6 Å². The fraction of sp³-hybridized carbons (Fsp3) is 0.462. The normalized spacial score (nSPS) is 22.3. The summed E-state index contributed by atoms with van der Waals surface area (Å²) in [4.78, 5) is 11.9. The minimum atomic E-state index is -0.448. The molecule has 0 unspecified atom stereocenters. The van der Waals surface area contributed by atoms with Gasteiger partial charge in [0, 0.05) is 23.7 Å². The standard InChI is InChI=1S/C13H17ClN2O3/c1-19-12-3-2-9(14)4-8(12)6-16-13(18)11-5-10(17)7-15-11/h2-4,10-11,15,17H,5-7H2,1H3,(H,16,18)/t10-,11-/m0/s1. The van der Waals surface area contributed by atoms with Crippen LogP contribution in [0.25, 0.3) is 0 Å². The second kappa shape index (κ2) is 6.23. The number of rotatable bonds is 4. The maximum atomic E-state index is 11.9. The topological polar surface area (TPSA) is 70.6 Å². The molecule has 1 amide bonds. The molecule has 1 heterocycles. The lowest BCUT2D eigenvalue weighted by Gasteiger charge is -2.13. The van der Waals surface area contributed by atoms with E-state index in [-0.39, 0.29) is 11.9 Å². The van der Waals surface area contributed by atoms with Gasteiger partial charge in [-0.1, -0.05) is 11.6 Å². The number of carbonyl (C=O) groups is 1. The van der Waals surface area contributed by atoms with Crippen molar-refractivity contribution in [1.82, 2.24) is 10.6 Å². The molecule has 1 fully saturated rings. The second-order valence-electron chi connectivity index (χ2n) is 4.52. The van der Waals surface area contributed by atoms with Crippen LogP contribution in [0.15, 0.2) is 18.2 Å². The van der Waals surface area contributed by atoms with E-state index < -0.39 is 6.10 Å². The Morgan fingerprint density at radius 2 is 2.42 bits per heavy atom. The highest BCUT2D eigenvalue weighted by Crippen LogP contribution is 2.22. The van der Waals surface area contributed by atoms with E-state index in [0.29, 0.717) is 30.3 Å². The van der Waals surface area contributed by atoms with Crippen LogP contribution in [0.3, 0.4) is 0 Å². The summed E-state index contributed by atoms with van der Waals surface area (Å²) in [5.74, 6) is 0.558. The number of hydrogen-bond acceptors (Lipinski definition) is 4. The quantitative estimate of drug-likeness (QED) is 0.761. The Hall–Kier alpha value is -1.30. The molecule has 6 heteroatoms. The van der Waals surface area contributed by atoms with Crippen molar-refractivity contribution in [2.45, 2.75) is 25.1 Å². The predicted octanol–water partition coefficient (Wildman–Crippen LogP) is 0.688. The van der Waals surface area contributed by atoms with Crippen molar-refractivity contribution in [3.05, 3.63) is 28.8 Å². The number of β-amino-alcohol motifs (C(OH)–C–C–N with tert-alkyl or cyclic N) is 1. The molecule has 5 nitrogen and oxygen atoms in total. The third-order valence-corrected chi connectivity index (χ3v) is 3.35. The van der Waals surface area contributed by atoms with Gasteiger partial charge in [0.05, 0.1) is 19.3 Å². The van der Waals surface area contributed by atoms with E-state index >= 15 is 0 Å². The first kappa shape index (κ1) is 14.1. The van der Waals surface area contributed by atoms with E-state index in [1.54, 1.807) is 25.3 Å². The number of benzene rings is 1. The average molecular weight is 285 g/mol. The van der Waals surface area contributed by atoms with Crippen LogP contribution >= 0.6 is 11.6 Å². The molecule has 2 atom stereocenters. The van der Waals surface area contributed by atoms with Crippen LogP contribution in [0.2, 0.25) is 5.02 Å². The van der Waals surface area contributed by atoms with Gasteiger partial charge >= 0.3 is 0 Å². The first-order valence-electron chi connectivity index (χ1n) is 6.11. The van der Waals surface area contributed by atoms with Gasteiger partial charge in [0.25, 0.3) is 0 Å². The monoisotopic (exact) mass is 284 g/mol. The number of carbonyl (C=O) groups excluding carboxylic acids is 1. The van der Waals surface area contributed by atoms with Crippen molar-refractivity contribution >= 4 is 17.5 Å². The van der Waals surface area contributed by atoms with Gasteiger partial charge < -0.3 is 20.5 Å². The maximum Gasteiger partial charge on any atom is 0.237 e.